The van der Waals surface area contributed by atoms with Crippen LogP contribution in [0.1, 0.15) is 45.1 Å². The molecule has 3 N–H and O–H groups in total. The van der Waals surface area contributed by atoms with E-state index < -0.39 is 69.9 Å². The Hall–Kier alpha value is -2.66. The number of ketones is 1. The molecule has 2 aliphatic heterocycles. The molecule has 2 heterocycles. The van der Waals surface area contributed by atoms with E-state index in [2.05, 4.69) is 6.58 Å². The van der Waals surface area contributed by atoms with E-state index in [1.807, 2.05) is 13.8 Å². The number of carbonyl (C=O) groups excluding carboxylic acids is 2. The highest BCUT2D eigenvalue weighted by Crippen LogP contribution is 2.76. The van der Waals surface area contributed by atoms with Crippen molar-refractivity contribution in [2.75, 3.05) is 27.9 Å². The van der Waals surface area contributed by atoms with Crippen molar-refractivity contribution in [3.63, 3.8) is 0 Å². The molecule has 4 aliphatic carbocycles. The summed E-state index contributed by atoms with van der Waals surface area (Å²) in [6.07, 6.45) is -1.44. The van der Waals surface area contributed by atoms with E-state index in [1.54, 1.807) is 12.1 Å². The Labute approximate surface area is 239 Å². The largest absolute Gasteiger partial charge is 0.493 e. The fourth-order valence-corrected chi connectivity index (χ4v) is 9.63. The number of hydrogen-bond acceptors (Lipinski definition) is 10. The SMILES string of the molecule is C=C1C(=O)[C@]23[C@H](OC(=O)Cc4cc(OC)c(OC)c(OC)c4)[C@H]1CC[C@H]2[C@@]12CO[C@]3(O)[C@@H](O)[C@@H]1C(C)(C)CC[C@@H]2O. The van der Waals surface area contributed by atoms with Gasteiger partial charge in [0.05, 0.1) is 40.5 Å². The first-order valence-electron chi connectivity index (χ1n) is 14.3. The minimum Gasteiger partial charge on any atom is -0.493 e. The smallest absolute Gasteiger partial charge is 0.310 e. The Morgan fingerprint density at radius 1 is 1.07 bits per heavy atom. The van der Waals surface area contributed by atoms with Crippen molar-refractivity contribution < 1.29 is 48.6 Å². The van der Waals surface area contributed by atoms with Crippen LogP contribution in [0, 0.1) is 34.0 Å². The van der Waals surface area contributed by atoms with Crippen LogP contribution in [-0.2, 0) is 25.5 Å². The van der Waals surface area contributed by atoms with Crippen LogP contribution in [0.15, 0.2) is 24.3 Å². The lowest BCUT2D eigenvalue weighted by atomic mass is 9.35. The van der Waals surface area contributed by atoms with Crippen molar-refractivity contribution in [3.05, 3.63) is 29.8 Å². The van der Waals surface area contributed by atoms with Gasteiger partial charge >= 0.3 is 5.97 Å². The minimum absolute atomic E-state index is 0.0127. The first-order valence-corrected chi connectivity index (χ1v) is 14.3. The van der Waals surface area contributed by atoms with Gasteiger partial charge < -0.3 is 39.0 Å². The molecule has 0 amide bonds. The minimum atomic E-state index is -2.30. The van der Waals surface area contributed by atoms with Crippen LogP contribution in [0.4, 0.5) is 0 Å². The number of methoxy groups -OCH3 is 3. The van der Waals surface area contributed by atoms with E-state index in [0.717, 1.165) is 0 Å². The van der Waals surface area contributed by atoms with E-state index in [4.69, 9.17) is 23.7 Å². The molecule has 4 saturated carbocycles. The second kappa shape index (κ2) is 9.17. The van der Waals surface area contributed by atoms with Crippen molar-refractivity contribution in [1.29, 1.82) is 0 Å². The van der Waals surface area contributed by atoms with Crippen molar-refractivity contribution in [3.8, 4) is 17.2 Å². The number of ether oxygens (including phenoxy) is 5. The average Bonchev–Trinajstić information content (AvgIpc) is 3.05. The van der Waals surface area contributed by atoms with E-state index in [0.29, 0.717) is 48.5 Å². The van der Waals surface area contributed by atoms with Crippen LogP contribution in [0.5, 0.6) is 17.2 Å². The number of benzene rings is 1. The molecule has 0 aromatic heterocycles. The summed E-state index contributed by atoms with van der Waals surface area (Å²) >= 11 is 0. The van der Waals surface area contributed by atoms with Gasteiger partial charge in [-0.05, 0) is 60.3 Å². The molecule has 0 radical (unpaired) electrons. The zero-order valence-electron chi connectivity index (χ0n) is 24.3. The molecule has 2 saturated heterocycles. The van der Waals surface area contributed by atoms with Gasteiger partial charge in [-0.25, -0.2) is 0 Å². The maximum Gasteiger partial charge on any atom is 0.310 e. The standard InChI is InChI=1S/C31H40O10/c1-15-17-7-8-20-29-14-40-31(36,26(35)24(29)28(2,3)10-9-21(29)32)30(20,25(15)34)27(17)41-22(33)13-16-11-18(37-4)23(39-6)19(12-16)38-5/h11-12,17,20-21,24,26-27,32,35-36H,1,7-10,13-14H2,2-6H3/t17-,20-,21-,24+,26-,27+,29+,30-,31+/m0/s1. The molecule has 9 atom stereocenters. The highest BCUT2D eigenvalue weighted by atomic mass is 16.6. The van der Waals surface area contributed by atoms with Gasteiger partial charge in [-0.15, -0.1) is 0 Å². The van der Waals surface area contributed by atoms with E-state index in [9.17, 15) is 24.9 Å². The summed E-state index contributed by atoms with van der Waals surface area (Å²) in [7, 11) is 4.45. The second-order valence-electron chi connectivity index (χ2n) is 13.1. The zero-order valence-corrected chi connectivity index (χ0v) is 24.3. The van der Waals surface area contributed by atoms with Gasteiger partial charge in [0.15, 0.2) is 17.3 Å². The molecule has 6 aliphatic rings. The summed E-state index contributed by atoms with van der Waals surface area (Å²) in [6.45, 7) is 8.13. The maximum atomic E-state index is 14.2. The van der Waals surface area contributed by atoms with Crippen molar-refractivity contribution in [2.24, 2.45) is 34.0 Å². The molecule has 1 aromatic rings. The Bertz CT molecular complexity index is 1280. The third-order valence-corrected chi connectivity index (χ3v) is 11.2. The van der Waals surface area contributed by atoms with Crippen LogP contribution in [0.2, 0.25) is 0 Å². The summed E-state index contributed by atoms with van der Waals surface area (Å²) < 4.78 is 28.4. The second-order valence-corrected chi connectivity index (χ2v) is 13.1. The lowest BCUT2D eigenvalue weighted by molar-refractivity contribution is -0.458. The number of Topliss-reactive ketones (excluding diaryl/α,β-unsaturated/α-hetero) is 1. The maximum absolute atomic E-state index is 14.2. The lowest BCUT2D eigenvalue weighted by Crippen LogP contribution is -2.85. The number of aliphatic hydroxyl groups excluding tert-OH is 2. The normalized spacial score (nSPS) is 41.9. The Kier molecular flexibility index (Phi) is 6.36. The van der Waals surface area contributed by atoms with Gasteiger partial charge in [-0.2, -0.15) is 0 Å². The molecule has 10 heteroatoms. The van der Waals surface area contributed by atoms with Crippen molar-refractivity contribution >= 4 is 11.8 Å². The summed E-state index contributed by atoms with van der Waals surface area (Å²) in [5, 5.41) is 35.8. The molecule has 4 bridgehead atoms. The summed E-state index contributed by atoms with van der Waals surface area (Å²) in [4.78, 5) is 27.8. The number of rotatable bonds is 6. The number of hydrogen-bond donors (Lipinski definition) is 3. The third kappa shape index (κ3) is 3.33. The van der Waals surface area contributed by atoms with Gasteiger partial charge in [-0.1, -0.05) is 20.4 Å². The fourth-order valence-electron chi connectivity index (χ4n) is 9.63. The molecule has 41 heavy (non-hydrogen) atoms. The Morgan fingerprint density at radius 3 is 2.34 bits per heavy atom. The van der Waals surface area contributed by atoms with Crippen LogP contribution >= 0.6 is 0 Å². The molecule has 10 nitrogen and oxygen atoms in total. The van der Waals surface area contributed by atoms with Gasteiger partial charge in [0.1, 0.15) is 17.6 Å². The van der Waals surface area contributed by atoms with Crippen LogP contribution in [0.25, 0.3) is 0 Å². The topological polar surface area (TPSA) is 141 Å². The first kappa shape index (κ1) is 28.5. The molecular weight excluding hydrogens is 532 g/mol. The molecular formula is C31H40O10. The van der Waals surface area contributed by atoms with Gasteiger partial charge in [0.25, 0.3) is 0 Å². The predicted molar refractivity (Wildman–Crippen MR) is 144 cm³/mol. The first-order chi connectivity index (χ1) is 19.3. The number of carbonyl (C=O) groups is 2. The molecule has 7 rings (SSSR count). The number of fused-ring (bicyclic) bond motifs is 2. The molecule has 224 valence electrons. The summed E-state index contributed by atoms with van der Waals surface area (Å²) in [5.41, 5.74) is -2.40. The highest BCUT2D eigenvalue weighted by molar-refractivity contribution is 6.05. The van der Waals surface area contributed by atoms with E-state index in [1.165, 1.54) is 21.3 Å². The Balaban J connectivity index is 1.41. The number of esters is 1. The van der Waals surface area contributed by atoms with Crippen molar-refractivity contribution in [2.45, 2.75) is 70.1 Å². The van der Waals surface area contributed by atoms with Crippen molar-refractivity contribution in [1.82, 2.24) is 0 Å². The molecule has 6 fully saturated rings. The quantitative estimate of drug-likeness (QED) is 0.343. The zero-order chi connectivity index (χ0) is 29.7. The van der Waals surface area contributed by atoms with Crippen LogP contribution < -0.4 is 14.2 Å². The number of aliphatic hydroxyl groups is 3. The predicted octanol–water partition coefficient (Wildman–Crippen LogP) is 2.19. The molecule has 1 aromatic carbocycles. The fraction of sp³-hybridized carbons (Fsp3) is 0.677. The van der Waals surface area contributed by atoms with Gasteiger partial charge in [-0.3, -0.25) is 9.59 Å². The van der Waals surface area contributed by atoms with Crippen LogP contribution in [-0.4, -0.2) is 79.1 Å². The lowest BCUT2D eigenvalue weighted by Gasteiger charge is -2.74. The summed E-state index contributed by atoms with van der Waals surface area (Å²) in [5.74, 6) is -3.86. The van der Waals surface area contributed by atoms with E-state index in [-0.39, 0.29) is 18.6 Å². The monoisotopic (exact) mass is 572 g/mol. The van der Waals surface area contributed by atoms with Gasteiger partial charge in [0, 0.05) is 17.3 Å². The molecule has 2 spiro atoms. The Morgan fingerprint density at radius 2 is 1.73 bits per heavy atom. The van der Waals surface area contributed by atoms with E-state index >= 15 is 0 Å². The average molecular weight is 573 g/mol. The van der Waals surface area contributed by atoms with Gasteiger partial charge in [0.2, 0.25) is 11.5 Å². The third-order valence-electron chi connectivity index (χ3n) is 11.2. The van der Waals surface area contributed by atoms with Crippen LogP contribution in [0.3, 0.4) is 0 Å². The highest BCUT2D eigenvalue weighted by Gasteiger charge is 2.87. The molecule has 0 unspecified atom stereocenters. The summed E-state index contributed by atoms with van der Waals surface area (Å²) in [6, 6.07) is 3.30.